The summed E-state index contributed by atoms with van der Waals surface area (Å²) in [6, 6.07) is 9.28. The van der Waals surface area contributed by atoms with Crippen molar-refractivity contribution < 1.29 is 4.74 Å². The molecule has 0 aromatic heterocycles. The van der Waals surface area contributed by atoms with Crippen molar-refractivity contribution in [3.8, 4) is 5.75 Å². The van der Waals surface area contributed by atoms with Crippen LogP contribution in [0.1, 0.15) is 37.7 Å². The lowest BCUT2D eigenvalue weighted by Gasteiger charge is -2.42. The van der Waals surface area contributed by atoms with E-state index < -0.39 is 0 Å². The van der Waals surface area contributed by atoms with E-state index in [1.165, 1.54) is 50.6 Å². The first-order valence-corrected chi connectivity index (χ1v) is 7.73. The Hall–Kier alpha value is -1.02. The Morgan fingerprint density at radius 2 is 1.89 bits per heavy atom. The topological polar surface area (TPSA) is 21.3 Å². The molecular weight excluding hydrogens is 234 g/mol. The second-order valence-corrected chi connectivity index (χ2v) is 6.11. The van der Waals surface area contributed by atoms with Crippen molar-refractivity contribution in [2.45, 2.75) is 44.6 Å². The molecule has 1 aliphatic carbocycles. The Morgan fingerprint density at radius 1 is 1.11 bits per heavy atom. The first-order chi connectivity index (χ1) is 9.36. The maximum absolute atomic E-state index is 5.23. The normalized spacial score (nSPS) is 30.7. The largest absolute Gasteiger partial charge is 0.497 e. The van der Waals surface area contributed by atoms with Gasteiger partial charge in [0.25, 0.3) is 0 Å². The molecule has 1 saturated carbocycles. The van der Waals surface area contributed by atoms with E-state index in [2.05, 4.69) is 29.6 Å². The highest BCUT2D eigenvalue weighted by atomic mass is 16.5. The minimum absolute atomic E-state index is 0.687. The average Bonchev–Trinajstić information content (AvgIpc) is 2.48. The van der Waals surface area contributed by atoms with E-state index in [4.69, 9.17) is 4.74 Å². The Morgan fingerprint density at radius 3 is 2.68 bits per heavy atom. The van der Waals surface area contributed by atoms with Crippen LogP contribution in [0.4, 0.5) is 0 Å². The third-order valence-corrected chi connectivity index (χ3v) is 5.02. The summed E-state index contributed by atoms with van der Waals surface area (Å²) in [5.41, 5.74) is 1.43. The number of benzene rings is 1. The molecule has 1 aromatic rings. The summed E-state index contributed by atoms with van der Waals surface area (Å²) in [4.78, 5) is 0. The predicted molar refractivity (Wildman–Crippen MR) is 78.6 cm³/mol. The van der Waals surface area contributed by atoms with Gasteiger partial charge in [0.05, 0.1) is 7.11 Å². The van der Waals surface area contributed by atoms with Crippen LogP contribution in [0.15, 0.2) is 24.3 Å². The highest BCUT2D eigenvalue weighted by Crippen LogP contribution is 2.37. The molecule has 2 aliphatic rings. The Kier molecular flexibility index (Phi) is 4.07. The number of hydrogen-bond acceptors (Lipinski definition) is 2. The van der Waals surface area contributed by atoms with Crippen molar-refractivity contribution >= 4 is 0 Å². The van der Waals surface area contributed by atoms with Gasteiger partial charge in [-0.1, -0.05) is 31.4 Å². The number of fused-ring (bicyclic) bond motifs is 1. The van der Waals surface area contributed by atoms with E-state index in [9.17, 15) is 0 Å². The Bertz CT molecular complexity index is 398. The molecular formula is C17H25NO. The summed E-state index contributed by atoms with van der Waals surface area (Å²) < 4.78 is 5.23. The van der Waals surface area contributed by atoms with Gasteiger partial charge >= 0.3 is 0 Å². The maximum atomic E-state index is 5.23. The zero-order valence-corrected chi connectivity index (χ0v) is 11.9. The van der Waals surface area contributed by atoms with Crippen LogP contribution in [-0.2, 0) is 6.42 Å². The van der Waals surface area contributed by atoms with Crippen LogP contribution in [0.2, 0.25) is 0 Å². The third kappa shape index (κ3) is 2.94. The van der Waals surface area contributed by atoms with Crippen molar-refractivity contribution in [1.29, 1.82) is 0 Å². The molecule has 1 aliphatic heterocycles. The highest BCUT2D eigenvalue weighted by molar-refractivity contribution is 5.27. The molecule has 0 amide bonds. The third-order valence-electron chi connectivity index (χ3n) is 5.02. The number of rotatable bonds is 3. The van der Waals surface area contributed by atoms with Gasteiger partial charge in [-0.25, -0.2) is 0 Å². The summed E-state index contributed by atoms with van der Waals surface area (Å²) in [6.45, 7) is 1.21. The molecule has 2 heteroatoms. The van der Waals surface area contributed by atoms with Crippen molar-refractivity contribution in [2.24, 2.45) is 11.8 Å². The molecule has 1 saturated heterocycles. The molecule has 19 heavy (non-hydrogen) atoms. The van der Waals surface area contributed by atoms with Gasteiger partial charge in [-0.15, -0.1) is 0 Å². The molecule has 3 rings (SSSR count). The fourth-order valence-corrected chi connectivity index (χ4v) is 3.97. The number of hydrogen-bond donors (Lipinski definition) is 1. The molecule has 104 valence electrons. The quantitative estimate of drug-likeness (QED) is 0.898. The van der Waals surface area contributed by atoms with E-state index in [0.717, 1.165) is 17.6 Å². The van der Waals surface area contributed by atoms with Gasteiger partial charge < -0.3 is 10.1 Å². The van der Waals surface area contributed by atoms with Gasteiger partial charge in [-0.2, -0.15) is 0 Å². The monoisotopic (exact) mass is 259 g/mol. The minimum Gasteiger partial charge on any atom is -0.497 e. The van der Waals surface area contributed by atoms with E-state index in [1.54, 1.807) is 7.11 Å². The van der Waals surface area contributed by atoms with E-state index in [0.29, 0.717) is 6.04 Å². The maximum Gasteiger partial charge on any atom is 0.118 e. The molecule has 0 radical (unpaired) electrons. The Labute approximate surface area is 116 Å². The SMILES string of the molecule is COc1ccc(C[C@@H]2NCC[C@@H]3CCCC[C@@H]32)cc1. The predicted octanol–water partition coefficient (Wildman–Crippen LogP) is 3.41. The van der Waals surface area contributed by atoms with Crippen LogP contribution < -0.4 is 10.1 Å². The van der Waals surface area contributed by atoms with Crippen LogP contribution in [-0.4, -0.2) is 19.7 Å². The molecule has 2 nitrogen and oxygen atoms in total. The van der Waals surface area contributed by atoms with Crippen molar-refractivity contribution in [3.63, 3.8) is 0 Å². The highest BCUT2D eigenvalue weighted by Gasteiger charge is 2.34. The summed E-state index contributed by atoms with van der Waals surface area (Å²) in [5.74, 6) is 2.85. The molecule has 0 bridgehead atoms. The van der Waals surface area contributed by atoms with Gasteiger partial charge in [0, 0.05) is 6.04 Å². The molecule has 0 unspecified atom stereocenters. The molecule has 2 fully saturated rings. The Balaban J connectivity index is 1.66. The fourth-order valence-electron chi connectivity index (χ4n) is 3.97. The van der Waals surface area contributed by atoms with Crippen LogP contribution in [0.25, 0.3) is 0 Å². The van der Waals surface area contributed by atoms with Gasteiger partial charge in [-0.3, -0.25) is 0 Å². The second-order valence-electron chi connectivity index (χ2n) is 6.11. The van der Waals surface area contributed by atoms with E-state index in [1.807, 2.05) is 0 Å². The smallest absolute Gasteiger partial charge is 0.118 e. The van der Waals surface area contributed by atoms with Gasteiger partial charge in [0.15, 0.2) is 0 Å². The van der Waals surface area contributed by atoms with Gasteiger partial charge in [0.2, 0.25) is 0 Å². The summed E-state index contributed by atoms with van der Waals surface area (Å²) in [6.07, 6.45) is 8.34. The average molecular weight is 259 g/mol. The number of piperidine rings is 1. The number of nitrogens with one attached hydrogen (secondary N) is 1. The van der Waals surface area contributed by atoms with E-state index in [-0.39, 0.29) is 0 Å². The molecule has 1 aromatic carbocycles. The fraction of sp³-hybridized carbons (Fsp3) is 0.647. The van der Waals surface area contributed by atoms with Crippen LogP contribution >= 0.6 is 0 Å². The van der Waals surface area contributed by atoms with E-state index >= 15 is 0 Å². The first-order valence-electron chi connectivity index (χ1n) is 7.73. The summed E-state index contributed by atoms with van der Waals surface area (Å²) >= 11 is 0. The number of ether oxygens (including phenoxy) is 1. The molecule has 1 N–H and O–H groups in total. The minimum atomic E-state index is 0.687. The molecule has 1 heterocycles. The zero-order chi connectivity index (χ0) is 13.1. The van der Waals surface area contributed by atoms with Gasteiger partial charge in [0.1, 0.15) is 5.75 Å². The first kappa shape index (κ1) is 13.0. The standard InChI is InChI=1S/C17H25NO/c1-19-15-8-6-13(7-9-15)12-17-16-5-3-2-4-14(16)10-11-18-17/h6-9,14,16-18H,2-5,10-12H2,1H3/t14-,16-,17-/m0/s1. The lowest BCUT2D eigenvalue weighted by Crippen LogP contribution is -2.48. The second kappa shape index (κ2) is 5.96. The summed E-state index contributed by atoms with van der Waals surface area (Å²) in [7, 11) is 1.73. The van der Waals surface area contributed by atoms with Gasteiger partial charge in [-0.05, 0) is 55.3 Å². The van der Waals surface area contributed by atoms with Crippen LogP contribution in [0.3, 0.4) is 0 Å². The number of methoxy groups -OCH3 is 1. The van der Waals surface area contributed by atoms with Crippen molar-refractivity contribution in [3.05, 3.63) is 29.8 Å². The van der Waals surface area contributed by atoms with Crippen molar-refractivity contribution in [1.82, 2.24) is 5.32 Å². The lowest BCUT2D eigenvalue weighted by atomic mass is 9.70. The van der Waals surface area contributed by atoms with Crippen LogP contribution in [0, 0.1) is 11.8 Å². The molecule has 3 atom stereocenters. The molecule has 0 spiro atoms. The lowest BCUT2D eigenvalue weighted by molar-refractivity contribution is 0.133. The van der Waals surface area contributed by atoms with Crippen molar-refractivity contribution in [2.75, 3.05) is 13.7 Å². The summed E-state index contributed by atoms with van der Waals surface area (Å²) in [5, 5.41) is 3.76. The van der Waals surface area contributed by atoms with Crippen LogP contribution in [0.5, 0.6) is 5.75 Å². The zero-order valence-electron chi connectivity index (χ0n) is 11.9.